The molecule has 2 atom stereocenters. The maximum atomic E-state index is 11.9. The molecule has 124 valence electrons. The van der Waals surface area contributed by atoms with E-state index in [1.54, 1.807) is 18.3 Å². The lowest BCUT2D eigenvalue weighted by Crippen LogP contribution is -2.07. The number of nitrogens with one attached hydrogen (secondary N) is 1. The molecule has 1 saturated heterocycles. The van der Waals surface area contributed by atoms with Gasteiger partial charge in [0.2, 0.25) is 5.78 Å². The lowest BCUT2D eigenvalue weighted by atomic mass is 10.00. The summed E-state index contributed by atoms with van der Waals surface area (Å²) in [5.41, 5.74) is 2.35. The molecule has 1 aromatic heterocycles. The largest absolute Gasteiger partial charge is 0.392 e. The van der Waals surface area contributed by atoms with Crippen molar-refractivity contribution in [1.82, 2.24) is 4.98 Å². The number of ketones is 1. The first-order valence-corrected chi connectivity index (χ1v) is 7.93. The van der Waals surface area contributed by atoms with Crippen molar-refractivity contribution in [3.05, 3.63) is 59.5 Å². The zero-order valence-corrected chi connectivity index (χ0v) is 14.0. The van der Waals surface area contributed by atoms with Crippen LogP contribution in [0.1, 0.15) is 44.1 Å². The molecule has 2 heterocycles. The molecular weight excluding hydrogens is 290 g/mol. The molecular formula is C19H25NO3. The number of aromatic nitrogens is 1. The average molecular weight is 315 g/mol. The van der Waals surface area contributed by atoms with Crippen LogP contribution >= 0.6 is 0 Å². The topological polar surface area (TPSA) is 65.6 Å². The zero-order valence-electron chi connectivity index (χ0n) is 14.0. The zero-order chi connectivity index (χ0) is 16.9. The summed E-state index contributed by atoms with van der Waals surface area (Å²) >= 11 is 0. The smallest absolute Gasteiger partial charge is 0.202 e. The summed E-state index contributed by atoms with van der Waals surface area (Å²) in [4.78, 5) is 14.8. The van der Waals surface area contributed by atoms with Crippen molar-refractivity contribution in [2.75, 3.05) is 6.61 Å². The van der Waals surface area contributed by atoms with Gasteiger partial charge in [-0.2, -0.15) is 0 Å². The van der Waals surface area contributed by atoms with Gasteiger partial charge in [-0.15, -0.1) is 0 Å². The first kappa shape index (κ1) is 17.4. The minimum atomic E-state index is -0.132. The Hall–Kier alpha value is -1.91. The fraction of sp³-hybridized carbons (Fsp3) is 0.421. The van der Waals surface area contributed by atoms with Crippen molar-refractivity contribution in [2.24, 2.45) is 0 Å². The molecule has 0 aliphatic carbocycles. The molecule has 23 heavy (non-hydrogen) atoms. The third-order valence-corrected chi connectivity index (χ3v) is 4.08. The number of aliphatic hydroxyl groups is 1. The Bertz CT molecular complexity index is 625. The molecule has 1 fully saturated rings. The Morgan fingerprint density at radius 2 is 2.26 bits per heavy atom. The van der Waals surface area contributed by atoms with Crippen molar-refractivity contribution in [3.63, 3.8) is 0 Å². The summed E-state index contributed by atoms with van der Waals surface area (Å²) in [5.74, 6) is -0.0266. The number of hydrogen-bond donors (Lipinski definition) is 2. The minimum Gasteiger partial charge on any atom is -0.392 e. The van der Waals surface area contributed by atoms with Gasteiger partial charge in [-0.1, -0.05) is 23.8 Å². The number of H-pyrrole nitrogens is 1. The molecule has 1 aliphatic rings. The van der Waals surface area contributed by atoms with E-state index in [0.29, 0.717) is 5.69 Å². The molecule has 2 N–H and O–H groups in total. The number of hydrogen-bond acceptors (Lipinski definition) is 3. The van der Waals surface area contributed by atoms with Crippen LogP contribution in [-0.4, -0.2) is 34.2 Å². The van der Waals surface area contributed by atoms with Crippen LogP contribution in [0.3, 0.4) is 0 Å². The van der Waals surface area contributed by atoms with Gasteiger partial charge in [-0.25, -0.2) is 0 Å². The molecule has 0 aromatic carbocycles. The predicted octanol–water partition coefficient (Wildman–Crippen LogP) is 3.58. The highest BCUT2D eigenvalue weighted by Crippen LogP contribution is 2.41. The summed E-state index contributed by atoms with van der Waals surface area (Å²) in [6.45, 7) is 6.03. The van der Waals surface area contributed by atoms with Crippen molar-refractivity contribution in [3.8, 4) is 0 Å². The van der Waals surface area contributed by atoms with Gasteiger partial charge in [0.25, 0.3) is 0 Å². The first-order valence-electron chi connectivity index (χ1n) is 7.93. The number of aliphatic hydroxyl groups excluding tert-OH is 1. The van der Waals surface area contributed by atoms with E-state index in [-0.39, 0.29) is 24.1 Å². The van der Waals surface area contributed by atoms with E-state index in [1.165, 1.54) is 0 Å². The molecule has 0 amide bonds. The Labute approximate surface area is 137 Å². The second-order valence-corrected chi connectivity index (χ2v) is 6.29. The predicted molar refractivity (Wildman–Crippen MR) is 91.4 cm³/mol. The molecule has 0 saturated carbocycles. The van der Waals surface area contributed by atoms with Gasteiger partial charge in [0.05, 0.1) is 17.9 Å². The van der Waals surface area contributed by atoms with Gasteiger partial charge in [-0.3, -0.25) is 4.79 Å². The summed E-state index contributed by atoms with van der Waals surface area (Å²) in [7, 11) is 0. The lowest BCUT2D eigenvalue weighted by Gasteiger charge is -2.03. The van der Waals surface area contributed by atoms with Gasteiger partial charge < -0.3 is 14.8 Å². The lowest BCUT2D eigenvalue weighted by molar-refractivity contribution is 0.104. The van der Waals surface area contributed by atoms with Crippen LogP contribution in [0.25, 0.3) is 0 Å². The SMILES string of the molecule is CC(=C/C(=O)c1ccc[nH]1)/C=C/C1OC1(C)CC/C=C(\C)CO. The number of carbonyl (C=O) groups is 1. The second-order valence-electron chi connectivity index (χ2n) is 6.29. The van der Waals surface area contributed by atoms with Gasteiger partial charge in [0.15, 0.2) is 0 Å². The Morgan fingerprint density at radius 1 is 1.48 bits per heavy atom. The molecule has 1 aromatic rings. The van der Waals surface area contributed by atoms with E-state index in [4.69, 9.17) is 9.84 Å². The van der Waals surface area contributed by atoms with E-state index in [1.807, 2.05) is 38.1 Å². The number of ether oxygens (including phenoxy) is 1. The van der Waals surface area contributed by atoms with Crippen LogP contribution in [0.2, 0.25) is 0 Å². The molecule has 0 radical (unpaired) electrons. The second kappa shape index (κ2) is 7.57. The Morgan fingerprint density at radius 3 is 2.91 bits per heavy atom. The average Bonchev–Trinajstić information content (AvgIpc) is 2.93. The third-order valence-electron chi connectivity index (χ3n) is 4.08. The van der Waals surface area contributed by atoms with E-state index >= 15 is 0 Å². The molecule has 4 heteroatoms. The maximum absolute atomic E-state index is 11.9. The third kappa shape index (κ3) is 5.05. The molecule has 0 bridgehead atoms. The van der Waals surface area contributed by atoms with Crippen molar-refractivity contribution in [2.45, 2.75) is 45.3 Å². The summed E-state index contributed by atoms with van der Waals surface area (Å²) < 4.78 is 5.75. The minimum absolute atomic E-state index is 0.0266. The highest BCUT2D eigenvalue weighted by molar-refractivity contribution is 6.03. The molecule has 1 aliphatic heterocycles. The summed E-state index contributed by atoms with van der Waals surface area (Å²) in [6, 6.07) is 3.57. The quantitative estimate of drug-likeness (QED) is 0.253. The first-order chi connectivity index (χ1) is 10.9. The van der Waals surface area contributed by atoms with Crippen LogP contribution in [-0.2, 0) is 4.74 Å². The van der Waals surface area contributed by atoms with Crippen LogP contribution in [0, 0.1) is 0 Å². The van der Waals surface area contributed by atoms with Crippen molar-refractivity contribution < 1.29 is 14.6 Å². The fourth-order valence-corrected chi connectivity index (χ4v) is 2.43. The number of rotatable bonds is 8. The van der Waals surface area contributed by atoms with E-state index in [9.17, 15) is 4.79 Å². The molecule has 0 spiro atoms. The van der Waals surface area contributed by atoms with E-state index in [0.717, 1.165) is 24.0 Å². The number of aromatic amines is 1. The number of epoxide rings is 1. The Kier molecular flexibility index (Phi) is 5.74. The normalized spacial score (nSPS) is 25.1. The molecule has 2 rings (SSSR count). The maximum Gasteiger partial charge on any atom is 0.202 e. The summed E-state index contributed by atoms with van der Waals surface area (Å²) in [6.07, 6.45) is 11.3. The molecule has 4 nitrogen and oxygen atoms in total. The van der Waals surface area contributed by atoms with E-state index < -0.39 is 0 Å². The highest BCUT2D eigenvalue weighted by Gasteiger charge is 2.49. The van der Waals surface area contributed by atoms with Crippen LogP contribution in [0.4, 0.5) is 0 Å². The number of allylic oxidation sites excluding steroid dienone is 4. The van der Waals surface area contributed by atoms with Crippen LogP contribution in [0.5, 0.6) is 0 Å². The molecule has 2 unspecified atom stereocenters. The van der Waals surface area contributed by atoms with Crippen LogP contribution in [0.15, 0.2) is 53.8 Å². The van der Waals surface area contributed by atoms with Gasteiger partial charge in [-0.05, 0) is 57.4 Å². The van der Waals surface area contributed by atoms with Crippen molar-refractivity contribution >= 4 is 5.78 Å². The van der Waals surface area contributed by atoms with Gasteiger partial charge in [0.1, 0.15) is 6.10 Å². The van der Waals surface area contributed by atoms with E-state index in [2.05, 4.69) is 11.9 Å². The van der Waals surface area contributed by atoms with Crippen LogP contribution < -0.4 is 0 Å². The fourth-order valence-electron chi connectivity index (χ4n) is 2.43. The summed E-state index contributed by atoms with van der Waals surface area (Å²) in [5, 5.41) is 8.97. The standard InChI is InChI=1S/C19H25NO3/c1-14(12-17(22)16-7-5-11-20-16)8-9-18-19(3,23-18)10-4-6-15(2)13-21/h5-9,11-12,18,20-21H,4,10,13H2,1-3H3/b9-8+,14-12-,15-6+. The number of carbonyl (C=O) groups excluding carboxylic acids is 1. The monoisotopic (exact) mass is 315 g/mol. The highest BCUT2D eigenvalue weighted by atomic mass is 16.6. The van der Waals surface area contributed by atoms with Gasteiger partial charge >= 0.3 is 0 Å². The van der Waals surface area contributed by atoms with Gasteiger partial charge in [0, 0.05) is 6.20 Å². The van der Waals surface area contributed by atoms with Crippen molar-refractivity contribution in [1.29, 1.82) is 0 Å². The Balaban J connectivity index is 1.83.